The van der Waals surface area contributed by atoms with Crippen LogP contribution in [0.25, 0.3) is 52.8 Å². The van der Waals surface area contributed by atoms with Crippen LogP contribution in [-0.4, -0.2) is 93.9 Å². The minimum atomic E-state index is -2.20. The Labute approximate surface area is 585 Å². The van der Waals surface area contributed by atoms with Crippen molar-refractivity contribution in [1.29, 1.82) is 0 Å². The van der Waals surface area contributed by atoms with Gasteiger partial charge in [-0.3, -0.25) is 9.36 Å². The number of benzene rings is 4. The molecule has 4 aromatic heterocycles. The van der Waals surface area contributed by atoms with E-state index < -0.39 is 3.25 Å². The molecule has 27 heteroatoms. The lowest BCUT2D eigenvalue weighted by Gasteiger charge is -2.32. The number of aryl methyl sites for hydroxylation is 2. The number of hydrogen-bond acceptors (Lipinski definition) is 13. The number of anilines is 3. The minimum Gasteiger partial charge on any atom is -0.399 e. The van der Waals surface area contributed by atoms with Crippen molar-refractivity contribution < 1.29 is 24.8 Å². The van der Waals surface area contributed by atoms with Gasteiger partial charge in [0.2, 0.25) is 5.91 Å². The Hall–Kier alpha value is -6.17. The Balaban J connectivity index is 0.000000143. The van der Waals surface area contributed by atoms with Gasteiger partial charge in [0.05, 0.1) is 89.3 Å². The Bertz CT molecular complexity index is 4150. The summed E-state index contributed by atoms with van der Waals surface area (Å²) in [5.41, 5.74) is 19.0. The third-order valence-corrected chi connectivity index (χ3v) is 16.2. The highest BCUT2D eigenvalue weighted by atomic mass is 127. The molecule has 1 amide bonds. The van der Waals surface area contributed by atoms with E-state index in [1.807, 2.05) is 130 Å². The first-order chi connectivity index (χ1) is 44.4. The van der Waals surface area contributed by atoms with Crippen LogP contribution in [-0.2, 0) is 29.8 Å². The zero-order valence-corrected chi connectivity index (χ0v) is 61.2. The molecule has 0 spiro atoms. The number of rotatable bonds is 7. The van der Waals surface area contributed by atoms with Gasteiger partial charge in [0.15, 0.2) is 27.5 Å². The van der Waals surface area contributed by atoms with E-state index in [1.54, 1.807) is 36.7 Å². The first-order valence-electron chi connectivity index (χ1n) is 30.5. The molecule has 6 fully saturated rings. The van der Waals surface area contributed by atoms with Crippen molar-refractivity contribution in [1.82, 2.24) is 39.5 Å². The first kappa shape index (κ1) is 70.2. The number of halogens is 5. The monoisotopic (exact) mass is 1630 g/mol. The molecule has 478 valence electrons. The van der Waals surface area contributed by atoms with Gasteiger partial charge in [-0.1, -0.05) is 52.9 Å². The minimum absolute atomic E-state index is 0.189. The van der Waals surface area contributed by atoms with E-state index in [9.17, 15) is 9.36 Å². The summed E-state index contributed by atoms with van der Waals surface area (Å²) >= 11 is 13.7. The number of aromatic nitrogens is 8. The average molecular weight is 1630 g/mol. The topological polar surface area (TPSA) is 208 Å². The van der Waals surface area contributed by atoms with Crippen LogP contribution in [0.15, 0.2) is 102 Å². The number of alkyl halides is 1. The number of imidazole rings is 2. The lowest BCUT2D eigenvalue weighted by atomic mass is 9.80. The molecule has 4 saturated carbocycles. The first-order valence-corrected chi connectivity index (χ1v) is 39.8. The van der Waals surface area contributed by atoms with Gasteiger partial charge in [-0.15, -0.1) is 0 Å². The van der Waals surface area contributed by atoms with Crippen molar-refractivity contribution in [3.05, 3.63) is 165 Å². The van der Waals surface area contributed by atoms with Crippen LogP contribution in [0.5, 0.6) is 0 Å². The van der Waals surface area contributed by atoms with E-state index in [-0.39, 0.29) is 24.2 Å². The molecule has 2 saturated heterocycles. The Morgan fingerprint density at radius 1 is 0.696 bits per heavy atom. The smallest absolute Gasteiger partial charge is 0.399 e. The van der Waals surface area contributed by atoms with Gasteiger partial charge in [0, 0.05) is 114 Å². The summed E-state index contributed by atoms with van der Waals surface area (Å²) in [6.07, 6.45) is 15.9. The van der Waals surface area contributed by atoms with Crippen LogP contribution in [0, 0.1) is 40.1 Å². The van der Waals surface area contributed by atoms with E-state index in [4.69, 9.17) is 52.4 Å². The zero-order chi connectivity index (χ0) is 67.2. The molecule has 0 atom stereocenters. The summed E-state index contributed by atoms with van der Waals surface area (Å²) in [6, 6.07) is 28.1. The van der Waals surface area contributed by atoms with Crippen molar-refractivity contribution in [2.75, 3.05) is 34.1 Å². The third kappa shape index (κ3) is 19.9. The summed E-state index contributed by atoms with van der Waals surface area (Å²) in [7, 11) is -0.348. The summed E-state index contributed by atoms with van der Waals surface area (Å²) in [4.78, 5) is 37.0. The van der Waals surface area contributed by atoms with E-state index in [2.05, 4.69) is 122 Å². The van der Waals surface area contributed by atoms with Gasteiger partial charge in [0.1, 0.15) is 5.82 Å². The molecule has 20 nitrogen and oxygen atoms in total. The highest BCUT2D eigenvalue weighted by Gasteiger charge is 2.52. The van der Waals surface area contributed by atoms with Gasteiger partial charge in [-0.05, 0) is 187 Å². The summed E-state index contributed by atoms with van der Waals surface area (Å²) in [5.74, 6) is 1.11. The van der Waals surface area contributed by atoms with E-state index in [0.717, 1.165) is 117 Å². The van der Waals surface area contributed by atoms with E-state index in [1.165, 1.54) is 38.5 Å². The van der Waals surface area contributed by atoms with Crippen LogP contribution in [0.1, 0.15) is 122 Å². The SMILES string of the molecule is C1CCOC1.Cc1cc(B2OC(C)(C)C(C)(C)O2)cnn1.O=P(Br)(Br)Br.[2H]CI.[C-]#[N+]c1ccc(N)c(NC2CC2)c1.[C-]#[N+]c1ccc2c(c1)N(C1CC1)C(=O)C2.[C-]#[N+]c1ccc2nc(-c3cnnc(C)c3)n(C3CC3)c2c1.[C-]#[N+]c1ccc2nc(Br)n(C3CC3)c2c1. The molecule has 92 heavy (non-hydrogen) atoms. The number of nitrogens with one attached hydrogen (secondary N) is 1. The molecule has 7 aliphatic rings. The molecule has 0 unspecified atom stereocenters. The number of hydrogen-bond donors (Lipinski definition) is 2. The fraction of sp³-hybridized carbons (Fsp3) is 0.400. The van der Waals surface area contributed by atoms with Crippen molar-refractivity contribution in [2.24, 2.45) is 0 Å². The molecule has 3 aliphatic heterocycles. The fourth-order valence-electron chi connectivity index (χ4n) is 9.86. The lowest BCUT2D eigenvalue weighted by molar-refractivity contribution is -0.117. The molecule has 4 aromatic carbocycles. The highest BCUT2D eigenvalue weighted by molar-refractivity contribution is 14.1. The normalized spacial score (nSPS) is 17.0. The number of nitrogens with two attached hydrogens (primary N) is 1. The summed E-state index contributed by atoms with van der Waals surface area (Å²) in [5, 5.41) is 19.2. The Kier molecular flexibility index (Phi) is 24.6. The van der Waals surface area contributed by atoms with Crippen LogP contribution in [0.3, 0.4) is 0 Å². The molecule has 0 radical (unpaired) electrons. The molecule has 4 aliphatic carbocycles. The van der Waals surface area contributed by atoms with Crippen molar-refractivity contribution >= 4 is 169 Å². The Morgan fingerprint density at radius 2 is 1.18 bits per heavy atom. The number of amides is 1. The number of nitrogen functional groups attached to an aromatic ring is 1. The highest BCUT2D eigenvalue weighted by Crippen LogP contribution is 2.68. The maximum Gasteiger partial charge on any atom is 0.496 e. The number of carbonyl (C=O) groups excluding carboxylic acids is 1. The molecule has 15 rings (SSSR count). The number of nitrogens with zero attached hydrogens (tertiary/aromatic N) is 13. The predicted octanol–water partition coefficient (Wildman–Crippen LogP) is 18.3. The van der Waals surface area contributed by atoms with Gasteiger partial charge in [0.25, 0.3) is 3.25 Å². The van der Waals surface area contributed by atoms with Gasteiger partial charge in [-0.25, -0.2) is 29.3 Å². The fourth-order valence-corrected chi connectivity index (χ4v) is 10.5. The number of fused-ring (bicyclic) bond motifs is 3. The van der Waals surface area contributed by atoms with Gasteiger partial charge >= 0.3 is 7.12 Å². The second kappa shape index (κ2) is 32.3. The third-order valence-electron chi connectivity index (χ3n) is 15.7. The Morgan fingerprint density at radius 3 is 1.70 bits per heavy atom. The van der Waals surface area contributed by atoms with Crippen LogP contribution < -0.4 is 21.4 Å². The maximum atomic E-state index is 11.8. The average Bonchev–Trinajstić information content (AvgIpc) is 1.63. The van der Waals surface area contributed by atoms with Crippen LogP contribution in [0.4, 0.5) is 39.8 Å². The molecular weight excluding hydrogens is 1560 g/mol. The lowest BCUT2D eigenvalue weighted by Crippen LogP contribution is -2.41. The van der Waals surface area contributed by atoms with Crippen molar-refractivity contribution in [3.8, 4) is 11.4 Å². The summed E-state index contributed by atoms with van der Waals surface area (Å²) in [6.45, 7) is 42.0. The van der Waals surface area contributed by atoms with Crippen molar-refractivity contribution in [3.63, 3.8) is 0 Å². The maximum absolute atomic E-state index is 11.8. The molecule has 7 heterocycles. The van der Waals surface area contributed by atoms with Crippen LogP contribution >= 0.6 is 88.2 Å². The van der Waals surface area contributed by atoms with Crippen molar-refractivity contribution in [2.45, 2.75) is 148 Å². The second-order valence-corrected chi connectivity index (χ2v) is 42.6. The van der Waals surface area contributed by atoms with Crippen LogP contribution in [0.2, 0.25) is 0 Å². The number of carbonyl (C=O) groups is 1. The largest absolute Gasteiger partial charge is 0.496 e. The van der Waals surface area contributed by atoms with Gasteiger partial charge < -0.3 is 39.1 Å². The molecular formula is C65H70BBr4IN15O5P. The number of ether oxygens (including phenoxy) is 1. The second-order valence-electron chi connectivity index (χ2n) is 23.5. The van der Waals surface area contributed by atoms with Gasteiger partial charge in [-0.2, -0.15) is 20.4 Å². The standard InChI is InChI=1S/C16H13N5.C12H10N2O.C11H17BN2O2.C11H8BrN3.C10H11N3.C4H8O.CH3I.Br3OP/c1-10-7-11(9-18-20-10)16-19-14-6-3-12(17-2)8-15(14)21(16)13-4-5-13;1-13-9-3-2-8-6-12(15)14(10-4-5-10)11(8)7-9;1-8-6-9(7-13-14-8)12-15-10(2,3)11(4,5)16-12;1-13-7-2-5-9-10(6-7)15(8-3-4-8)11(12)14-9;1-12-8-4-5-9(11)10(6-8)13-7-2-3-7;1-2-4-5-3-1;1-2;1-5(2,3)4/h3,6-9,13H,4-5H2,1H3;2-3,7,10H,4-6H2;6-7H,1-5H3;2,5-6,8H,3-4H2;4-7,13H,2-3,11H2;1-4H2;1H3;/i;;;;;;1D;. The molecule has 8 aromatic rings. The predicted molar refractivity (Wildman–Crippen MR) is 390 cm³/mol. The van der Waals surface area contributed by atoms with E-state index in [0.29, 0.717) is 58.2 Å². The quantitative estimate of drug-likeness (QED) is 0.0381. The molecule has 0 bridgehead atoms. The summed E-state index contributed by atoms with van der Waals surface area (Å²) < 4.78 is 36.0. The zero-order valence-electron chi connectivity index (χ0n) is 52.8. The van der Waals surface area contributed by atoms with E-state index >= 15 is 0 Å². The molecule has 3 N–H and O–H groups in total.